The highest BCUT2D eigenvalue weighted by Gasteiger charge is 2.11. The molecule has 0 saturated heterocycles. The summed E-state index contributed by atoms with van der Waals surface area (Å²) in [4.78, 5) is 12.0. The zero-order valence-electron chi connectivity index (χ0n) is 10.0. The van der Waals surface area contributed by atoms with E-state index in [1.54, 1.807) is 18.2 Å². The lowest BCUT2D eigenvalue weighted by molar-refractivity contribution is 0.0946. The smallest absolute Gasteiger partial charge is 0.217 e. The second kappa shape index (κ2) is 4.46. The van der Waals surface area contributed by atoms with Crippen LogP contribution >= 0.6 is 0 Å². The van der Waals surface area contributed by atoms with Gasteiger partial charge in [0.05, 0.1) is 24.4 Å². The van der Waals surface area contributed by atoms with E-state index in [0.29, 0.717) is 11.3 Å². The Morgan fingerprint density at radius 3 is 2.95 bits per heavy atom. The number of benzene rings is 1. The van der Waals surface area contributed by atoms with Crippen LogP contribution in [0.2, 0.25) is 0 Å². The molecule has 0 spiro atoms. The molecule has 1 aromatic carbocycles. The van der Waals surface area contributed by atoms with Crippen LogP contribution in [0.15, 0.2) is 53.3 Å². The molecule has 3 aromatic rings. The quantitative estimate of drug-likeness (QED) is 0.671. The van der Waals surface area contributed by atoms with E-state index >= 15 is 0 Å². The van der Waals surface area contributed by atoms with Crippen molar-refractivity contribution in [3.63, 3.8) is 0 Å². The Morgan fingerprint density at radius 1 is 1.32 bits per heavy atom. The fourth-order valence-electron chi connectivity index (χ4n) is 2.08. The Labute approximate surface area is 109 Å². The second-order valence-corrected chi connectivity index (χ2v) is 4.23. The van der Waals surface area contributed by atoms with E-state index < -0.39 is 0 Å². The Hall–Kier alpha value is -2.80. The van der Waals surface area contributed by atoms with E-state index in [2.05, 4.69) is 6.07 Å². The fraction of sp³-hybridized carbons (Fsp3) is 0.0667. The minimum absolute atomic E-state index is 0.0770. The van der Waals surface area contributed by atoms with E-state index in [-0.39, 0.29) is 12.3 Å². The maximum absolute atomic E-state index is 12.0. The van der Waals surface area contributed by atoms with Crippen molar-refractivity contribution in [1.82, 2.24) is 4.57 Å². The van der Waals surface area contributed by atoms with Crippen LogP contribution in [0.3, 0.4) is 0 Å². The first kappa shape index (κ1) is 11.3. The number of carbonyl (C=O) groups is 1. The topological polar surface area (TPSA) is 58.9 Å². The molecule has 92 valence electrons. The lowest BCUT2D eigenvalue weighted by atomic mass is 10.2. The molecule has 0 aliphatic heterocycles. The Balaban J connectivity index is 1.94. The van der Waals surface area contributed by atoms with Gasteiger partial charge in [0.2, 0.25) is 5.78 Å². The third kappa shape index (κ3) is 2.02. The number of carbonyl (C=O) groups excluding carboxylic acids is 1. The van der Waals surface area contributed by atoms with Crippen LogP contribution in [-0.2, 0) is 6.54 Å². The van der Waals surface area contributed by atoms with Crippen LogP contribution in [0, 0.1) is 11.3 Å². The molecule has 2 aromatic heterocycles. The number of nitriles is 1. The molecule has 0 unspecified atom stereocenters. The van der Waals surface area contributed by atoms with E-state index in [4.69, 9.17) is 9.68 Å². The largest absolute Gasteiger partial charge is 0.461 e. The Bertz CT molecular complexity index is 776. The predicted octanol–water partition coefficient (Wildman–Crippen LogP) is 2.99. The van der Waals surface area contributed by atoms with Crippen molar-refractivity contribution in [3.05, 3.63) is 60.2 Å². The standard InChI is InChI=1S/C15H10N2O2/c16-9-11-3-4-13-12(8-11)5-6-17(13)10-14(18)15-2-1-7-19-15/h1-8H,10H2. The van der Waals surface area contributed by atoms with Crippen molar-refractivity contribution >= 4 is 16.7 Å². The molecule has 2 heterocycles. The van der Waals surface area contributed by atoms with Crippen LogP contribution in [0.1, 0.15) is 16.1 Å². The second-order valence-electron chi connectivity index (χ2n) is 4.23. The van der Waals surface area contributed by atoms with Gasteiger partial charge in [-0.05, 0) is 36.4 Å². The van der Waals surface area contributed by atoms with Gasteiger partial charge in [-0.3, -0.25) is 4.79 Å². The molecule has 0 bridgehead atoms. The van der Waals surface area contributed by atoms with Gasteiger partial charge in [-0.15, -0.1) is 0 Å². The maximum Gasteiger partial charge on any atom is 0.217 e. The SMILES string of the molecule is N#Cc1ccc2c(ccn2CC(=O)c2ccco2)c1. The zero-order chi connectivity index (χ0) is 13.2. The predicted molar refractivity (Wildman–Crippen MR) is 69.7 cm³/mol. The molecule has 0 aliphatic rings. The lowest BCUT2D eigenvalue weighted by Crippen LogP contribution is -2.08. The molecule has 0 fully saturated rings. The Kier molecular flexibility index (Phi) is 2.66. The van der Waals surface area contributed by atoms with Gasteiger partial charge in [0.15, 0.2) is 5.76 Å². The van der Waals surface area contributed by atoms with Gasteiger partial charge in [-0.25, -0.2) is 0 Å². The van der Waals surface area contributed by atoms with Crippen molar-refractivity contribution in [1.29, 1.82) is 5.26 Å². The maximum atomic E-state index is 12.0. The van der Waals surface area contributed by atoms with Crippen LogP contribution < -0.4 is 0 Å². The first-order chi connectivity index (χ1) is 9.28. The highest BCUT2D eigenvalue weighted by Crippen LogP contribution is 2.18. The molecule has 3 rings (SSSR count). The van der Waals surface area contributed by atoms with Crippen LogP contribution in [0.5, 0.6) is 0 Å². The summed E-state index contributed by atoms with van der Waals surface area (Å²) in [6.45, 7) is 0.225. The van der Waals surface area contributed by atoms with Gasteiger partial charge < -0.3 is 8.98 Å². The van der Waals surface area contributed by atoms with E-state index in [1.807, 2.05) is 29.0 Å². The fourth-order valence-corrected chi connectivity index (χ4v) is 2.08. The minimum atomic E-state index is -0.0770. The minimum Gasteiger partial charge on any atom is -0.461 e. The Morgan fingerprint density at radius 2 is 2.21 bits per heavy atom. The number of ketones is 1. The summed E-state index contributed by atoms with van der Waals surface area (Å²) in [6.07, 6.45) is 3.33. The van der Waals surface area contributed by atoms with Crippen molar-refractivity contribution in [2.45, 2.75) is 6.54 Å². The van der Waals surface area contributed by atoms with Gasteiger partial charge in [0.1, 0.15) is 0 Å². The molecule has 0 aliphatic carbocycles. The summed E-state index contributed by atoms with van der Waals surface area (Å²) >= 11 is 0. The highest BCUT2D eigenvalue weighted by atomic mass is 16.3. The third-order valence-electron chi connectivity index (χ3n) is 3.01. The summed E-state index contributed by atoms with van der Waals surface area (Å²) in [5, 5.41) is 9.80. The van der Waals surface area contributed by atoms with Crippen LogP contribution in [0.4, 0.5) is 0 Å². The number of hydrogen-bond donors (Lipinski definition) is 0. The number of hydrogen-bond acceptors (Lipinski definition) is 3. The molecule has 0 N–H and O–H groups in total. The molecular weight excluding hydrogens is 240 g/mol. The van der Waals surface area contributed by atoms with Gasteiger partial charge in [-0.2, -0.15) is 5.26 Å². The van der Waals surface area contributed by atoms with Gasteiger partial charge in [0, 0.05) is 17.1 Å². The van der Waals surface area contributed by atoms with Gasteiger partial charge in [-0.1, -0.05) is 0 Å². The van der Waals surface area contributed by atoms with E-state index in [0.717, 1.165) is 10.9 Å². The van der Waals surface area contributed by atoms with E-state index in [1.165, 1.54) is 6.26 Å². The summed E-state index contributed by atoms with van der Waals surface area (Å²) in [5.74, 6) is 0.280. The summed E-state index contributed by atoms with van der Waals surface area (Å²) in [5.41, 5.74) is 1.54. The molecule has 4 nitrogen and oxygen atoms in total. The molecular formula is C15H10N2O2. The van der Waals surface area contributed by atoms with Crippen LogP contribution in [0.25, 0.3) is 10.9 Å². The monoisotopic (exact) mass is 250 g/mol. The number of fused-ring (bicyclic) bond motifs is 1. The number of nitrogens with zero attached hydrogens (tertiary/aromatic N) is 2. The molecule has 0 amide bonds. The molecule has 0 radical (unpaired) electrons. The van der Waals surface area contributed by atoms with Crippen molar-refractivity contribution in [3.8, 4) is 6.07 Å². The average Bonchev–Trinajstić information content (AvgIpc) is 3.08. The molecule has 0 saturated carbocycles. The summed E-state index contributed by atoms with van der Waals surface area (Å²) < 4.78 is 6.94. The highest BCUT2D eigenvalue weighted by molar-refractivity contribution is 5.94. The van der Waals surface area contributed by atoms with Crippen molar-refractivity contribution in [2.24, 2.45) is 0 Å². The molecule has 0 atom stereocenters. The first-order valence-electron chi connectivity index (χ1n) is 5.83. The first-order valence-corrected chi connectivity index (χ1v) is 5.83. The number of Topliss-reactive ketones (excluding diaryl/α,β-unsaturated/α-hetero) is 1. The molecule has 4 heteroatoms. The van der Waals surface area contributed by atoms with Crippen molar-refractivity contribution < 1.29 is 9.21 Å². The van der Waals surface area contributed by atoms with Crippen LogP contribution in [-0.4, -0.2) is 10.4 Å². The van der Waals surface area contributed by atoms with E-state index in [9.17, 15) is 4.79 Å². The normalized spacial score (nSPS) is 10.5. The number of rotatable bonds is 3. The summed E-state index contributed by atoms with van der Waals surface area (Å²) in [7, 11) is 0. The number of furan rings is 1. The number of aromatic nitrogens is 1. The lowest BCUT2D eigenvalue weighted by Gasteiger charge is -2.03. The van der Waals surface area contributed by atoms with Crippen molar-refractivity contribution in [2.75, 3.05) is 0 Å². The third-order valence-corrected chi connectivity index (χ3v) is 3.01. The zero-order valence-corrected chi connectivity index (χ0v) is 10.0. The summed E-state index contributed by atoms with van der Waals surface area (Å²) in [6, 6.07) is 12.7. The average molecular weight is 250 g/mol. The van der Waals surface area contributed by atoms with Gasteiger partial charge >= 0.3 is 0 Å². The van der Waals surface area contributed by atoms with Gasteiger partial charge in [0.25, 0.3) is 0 Å². The molecule has 19 heavy (non-hydrogen) atoms.